The van der Waals surface area contributed by atoms with Gasteiger partial charge in [-0.3, -0.25) is 0 Å². The zero-order valence-electron chi connectivity index (χ0n) is 13.4. The molecule has 122 valence electrons. The molecule has 0 saturated heterocycles. The molecule has 0 N–H and O–H groups in total. The van der Waals surface area contributed by atoms with E-state index in [1.807, 2.05) is 18.2 Å². The van der Waals surface area contributed by atoms with Gasteiger partial charge in [-0.05, 0) is 24.1 Å². The molecule has 0 atom stereocenters. The van der Waals surface area contributed by atoms with Crippen LogP contribution in [0.3, 0.4) is 0 Å². The average Bonchev–Trinajstić information content (AvgIpc) is 2.94. The second-order valence-corrected chi connectivity index (χ2v) is 6.83. The van der Waals surface area contributed by atoms with Crippen LogP contribution in [0.15, 0.2) is 30.6 Å². The smallest absolute Gasteiger partial charge is 0.0897 e. The summed E-state index contributed by atoms with van der Waals surface area (Å²) in [5.74, 6) is 0. The molecule has 0 amide bonds. The van der Waals surface area contributed by atoms with Crippen LogP contribution in [0.4, 0.5) is 0 Å². The lowest BCUT2D eigenvalue weighted by atomic mass is 10.1. The summed E-state index contributed by atoms with van der Waals surface area (Å²) in [5, 5.41) is 1.25. The van der Waals surface area contributed by atoms with Gasteiger partial charge in [-0.1, -0.05) is 68.3 Å². The van der Waals surface area contributed by atoms with Gasteiger partial charge in [0.05, 0.1) is 16.7 Å². The topological polar surface area (TPSA) is 6.48 Å². The third-order valence-electron chi connectivity index (χ3n) is 4.02. The molecular weight excluding hydrogens is 315 g/mol. The van der Waals surface area contributed by atoms with Crippen LogP contribution >= 0.6 is 23.2 Å². The van der Waals surface area contributed by atoms with E-state index in [2.05, 4.69) is 29.1 Å². The Morgan fingerprint density at radius 3 is 2.41 bits per heavy atom. The Labute approximate surface area is 144 Å². The summed E-state index contributed by atoms with van der Waals surface area (Å²) in [7, 11) is 0. The van der Waals surface area contributed by atoms with E-state index < -0.39 is 0 Å². The highest BCUT2D eigenvalue weighted by atomic mass is 35.5. The molecule has 0 bridgehead atoms. The monoisotopic (exact) mass is 340 g/mol. The van der Waals surface area contributed by atoms with Gasteiger partial charge in [0, 0.05) is 25.5 Å². The lowest BCUT2D eigenvalue weighted by Crippen LogP contribution is -2.25. The molecule has 0 aromatic heterocycles. The van der Waals surface area contributed by atoms with Crippen molar-refractivity contribution in [2.24, 2.45) is 0 Å². The highest BCUT2D eigenvalue weighted by molar-refractivity contribution is 6.42. The highest BCUT2D eigenvalue weighted by Crippen LogP contribution is 2.24. The number of nitrogens with zero attached hydrogens (tertiary/aromatic N) is 2. The molecule has 0 saturated carbocycles. The molecule has 0 unspecified atom stereocenters. The molecule has 1 heterocycles. The molecular formula is C18H26Cl2N2. The third kappa shape index (κ3) is 5.73. The Bertz CT molecular complexity index is 488. The van der Waals surface area contributed by atoms with Gasteiger partial charge in [-0.25, -0.2) is 0 Å². The summed E-state index contributed by atoms with van der Waals surface area (Å²) in [5.41, 5.74) is 1.19. The van der Waals surface area contributed by atoms with Crippen molar-refractivity contribution in [3.63, 3.8) is 0 Å². The Hall–Kier alpha value is -0.860. The zero-order valence-corrected chi connectivity index (χ0v) is 14.9. The number of hydrogen-bond donors (Lipinski definition) is 0. The van der Waals surface area contributed by atoms with E-state index in [4.69, 9.17) is 23.2 Å². The zero-order chi connectivity index (χ0) is 15.8. The molecule has 0 aliphatic carbocycles. The maximum atomic E-state index is 6.07. The first-order chi connectivity index (χ1) is 10.7. The second-order valence-electron chi connectivity index (χ2n) is 6.02. The van der Waals surface area contributed by atoms with Crippen molar-refractivity contribution in [2.45, 2.75) is 52.0 Å². The van der Waals surface area contributed by atoms with Crippen LogP contribution in [0.5, 0.6) is 0 Å². The van der Waals surface area contributed by atoms with Crippen molar-refractivity contribution in [3.8, 4) is 0 Å². The Morgan fingerprint density at radius 2 is 1.64 bits per heavy atom. The van der Waals surface area contributed by atoms with Gasteiger partial charge < -0.3 is 9.80 Å². The molecule has 1 aromatic carbocycles. The molecule has 2 rings (SSSR count). The van der Waals surface area contributed by atoms with Crippen LogP contribution in [0.1, 0.15) is 51.0 Å². The summed E-state index contributed by atoms with van der Waals surface area (Å²) in [6.07, 6.45) is 12.4. The number of benzene rings is 1. The van der Waals surface area contributed by atoms with E-state index in [9.17, 15) is 0 Å². The first-order valence-electron chi connectivity index (χ1n) is 8.29. The Balaban J connectivity index is 1.65. The predicted octanol–water partition coefficient (Wildman–Crippen LogP) is 5.90. The molecule has 1 aliphatic heterocycles. The molecule has 1 aromatic rings. The van der Waals surface area contributed by atoms with Gasteiger partial charge in [0.2, 0.25) is 0 Å². The Morgan fingerprint density at radius 1 is 0.909 bits per heavy atom. The fraction of sp³-hybridized carbons (Fsp3) is 0.556. The molecule has 1 aliphatic rings. The molecule has 22 heavy (non-hydrogen) atoms. The minimum Gasteiger partial charge on any atom is -0.359 e. The lowest BCUT2D eigenvalue weighted by Gasteiger charge is -2.21. The molecule has 0 spiro atoms. The predicted molar refractivity (Wildman–Crippen MR) is 96.1 cm³/mol. The van der Waals surface area contributed by atoms with E-state index in [-0.39, 0.29) is 0 Å². The highest BCUT2D eigenvalue weighted by Gasteiger charge is 2.12. The van der Waals surface area contributed by atoms with Crippen LogP contribution in [-0.4, -0.2) is 23.0 Å². The van der Waals surface area contributed by atoms with Crippen molar-refractivity contribution >= 4 is 23.2 Å². The summed E-state index contributed by atoms with van der Waals surface area (Å²) >= 11 is 12.0. The van der Waals surface area contributed by atoms with Crippen molar-refractivity contribution in [3.05, 3.63) is 46.2 Å². The van der Waals surface area contributed by atoms with Crippen LogP contribution in [0.2, 0.25) is 10.0 Å². The third-order valence-corrected chi connectivity index (χ3v) is 4.76. The van der Waals surface area contributed by atoms with E-state index in [1.54, 1.807) is 0 Å². The van der Waals surface area contributed by atoms with Crippen LogP contribution in [-0.2, 0) is 6.54 Å². The molecule has 0 radical (unpaired) electrons. The number of unbranched alkanes of at least 4 members (excludes halogenated alkanes) is 5. The summed E-state index contributed by atoms with van der Waals surface area (Å²) in [4.78, 5) is 4.69. The average molecular weight is 341 g/mol. The van der Waals surface area contributed by atoms with Crippen LogP contribution < -0.4 is 0 Å². The fourth-order valence-corrected chi connectivity index (χ4v) is 3.05. The number of hydrogen-bond acceptors (Lipinski definition) is 2. The van der Waals surface area contributed by atoms with E-state index >= 15 is 0 Å². The second kappa shape index (κ2) is 9.32. The summed E-state index contributed by atoms with van der Waals surface area (Å²) < 4.78 is 0. The maximum absolute atomic E-state index is 6.07. The van der Waals surface area contributed by atoms with Crippen molar-refractivity contribution < 1.29 is 0 Å². The number of rotatable bonds is 9. The van der Waals surface area contributed by atoms with E-state index in [1.165, 1.54) is 44.1 Å². The van der Waals surface area contributed by atoms with Crippen LogP contribution in [0, 0.1) is 0 Å². The summed E-state index contributed by atoms with van der Waals surface area (Å²) in [6, 6.07) is 5.86. The minimum absolute atomic E-state index is 0.618. The van der Waals surface area contributed by atoms with Gasteiger partial charge >= 0.3 is 0 Å². The van der Waals surface area contributed by atoms with Gasteiger partial charge in [-0.2, -0.15) is 0 Å². The largest absolute Gasteiger partial charge is 0.359 e. The Kier molecular flexibility index (Phi) is 7.41. The molecule has 2 nitrogen and oxygen atoms in total. The number of halogens is 2. The first-order valence-corrected chi connectivity index (χ1v) is 9.05. The van der Waals surface area contributed by atoms with E-state index in [0.717, 1.165) is 19.8 Å². The van der Waals surface area contributed by atoms with Gasteiger partial charge in [0.1, 0.15) is 0 Å². The van der Waals surface area contributed by atoms with Gasteiger partial charge in [0.15, 0.2) is 0 Å². The molecule has 0 fully saturated rings. The van der Waals surface area contributed by atoms with Crippen molar-refractivity contribution in [1.82, 2.24) is 9.80 Å². The fourth-order valence-electron chi connectivity index (χ4n) is 2.73. The van der Waals surface area contributed by atoms with Crippen molar-refractivity contribution in [2.75, 3.05) is 13.2 Å². The molecule has 4 heteroatoms. The quantitative estimate of drug-likeness (QED) is 0.516. The van der Waals surface area contributed by atoms with Gasteiger partial charge in [-0.15, -0.1) is 0 Å². The van der Waals surface area contributed by atoms with Crippen LogP contribution in [0.25, 0.3) is 0 Å². The standard InChI is InChI=1S/C18H26Cl2N2/c1-2-3-4-5-6-7-10-21-11-12-22(15-21)14-16-8-9-17(19)18(20)13-16/h8-9,11-13H,2-7,10,14-15H2,1H3. The van der Waals surface area contributed by atoms with Crippen molar-refractivity contribution in [1.29, 1.82) is 0 Å². The minimum atomic E-state index is 0.618. The SMILES string of the molecule is CCCCCCCCN1C=CN(Cc2ccc(Cl)c(Cl)c2)C1. The summed E-state index contributed by atoms with van der Waals surface area (Å²) in [6.45, 7) is 5.26. The normalized spacial score (nSPS) is 14.1. The lowest BCUT2D eigenvalue weighted by molar-refractivity contribution is 0.256. The first kappa shape index (κ1) is 17.5. The van der Waals surface area contributed by atoms with Gasteiger partial charge in [0.25, 0.3) is 0 Å². The maximum Gasteiger partial charge on any atom is 0.0897 e. The van der Waals surface area contributed by atoms with E-state index in [0.29, 0.717) is 10.0 Å².